The molecular formula is C15H19N3O3. The molecule has 0 radical (unpaired) electrons. The molecule has 0 amide bonds. The fourth-order valence-electron chi connectivity index (χ4n) is 2.30. The zero-order valence-corrected chi connectivity index (χ0v) is 12.6. The summed E-state index contributed by atoms with van der Waals surface area (Å²) in [6.45, 7) is 1.83. The zero-order chi connectivity index (χ0) is 15.4. The highest BCUT2D eigenvalue weighted by molar-refractivity contribution is 5.82. The molecule has 1 heterocycles. The number of ether oxygens (including phenoxy) is 2. The van der Waals surface area contributed by atoms with Crippen LogP contribution in [0.2, 0.25) is 0 Å². The summed E-state index contributed by atoms with van der Waals surface area (Å²) in [7, 11) is 4.68. The first kappa shape index (κ1) is 14.9. The molecule has 1 atom stereocenters. The Hall–Kier alpha value is -2.50. The fraction of sp³-hybridized carbons (Fsp3) is 0.333. The van der Waals surface area contributed by atoms with Gasteiger partial charge in [-0.25, -0.2) is 9.48 Å². The Morgan fingerprint density at radius 2 is 1.95 bits per heavy atom. The second-order valence-corrected chi connectivity index (χ2v) is 4.60. The molecule has 6 nitrogen and oxygen atoms in total. The van der Waals surface area contributed by atoms with E-state index < -0.39 is 12.0 Å². The molecule has 21 heavy (non-hydrogen) atoms. The molecule has 0 saturated carbocycles. The highest BCUT2D eigenvalue weighted by atomic mass is 16.5. The van der Waals surface area contributed by atoms with Gasteiger partial charge in [0.2, 0.25) is 5.88 Å². The van der Waals surface area contributed by atoms with Gasteiger partial charge in [-0.1, -0.05) is 18.2 Å². The molecule has 1 aromatic heterocycles. The van der Waals surface area contributed by atoms with Crippen LogP contribution in [0.1, 0.15) is 17.3 Å². The number of anilines is 1. The predicted molar refractivity (Wildman–Crippen MR) is 79.3 cm³/mol. The summed E-state index contributed by atoms with van der Waals surface area (Å²) < 4.78 is 11.9. The molecule has 0 aliphatic rings. The molecule has 2 rings (SSSR count). The van der Waals surface area contributed by atoms with Crippen LogP contribution in [-0.4, -0.2) is 30.0 Å². The van der Waals surface area contributed by atoms with Crippen LogP contribution in [0.15, 0.2) is 30.3 Å². The molecule has 1 N–H and O–H groups in total. The number of para-hydroxylation sites is 1. The smallest absolute Gasteiger partial charge is 0.333 e. The molecule has 0 aliphatic carbocycles. The minimum Gasteiger partial charge on any atom is -0.481 e. The number of aromatic nitrogens is 2. The Morgan fingerprint density at radius 1 is 1.29 bits per heavy atom. The van der Waals surface area contributed by atoms with Crippen molar-refractivity contribution < 1.29 is 14.3 Å². The van der Waals surface area contributed by atoms with Crippen molar-refractivity contribution in [3.63, 3.8) is 0 Å². The summed E-state index contributed by atoms with van der Waals surface area (Å²) in [5.74, 6) is 0.139. The third-order valence-corrected chi connectivity index (χ3v) is 3.22. The van der Waals surface area contributed by atoms with E-state index in [1.54, 1.807) is 18.8 Å². The first-order chi connectivity index (χ1) is 10.1. The fourth-order valence-corrected chi connectivity index (χ4v) is 2.30. The number of methoxy groups -OCH3 is 2. The maximum atomic E-state index is 12.2. The number of carbonyl (C=O) groups is 1. The van der Waals surface area contributed by atoms with Gasteiger partial charge in [-0.05, 0) is 19.1 Å². The van der Waals surface area contributed by atoms with Gasteiger partial charge in [-0.3, -0.25) is 0 Å². The molecule has 0 aliphatic heterocycles. The Kier molecular flexibility index (Phi) is 4.47. The quantitative estimate of drug-likeness (QED) is 0.854. The number of nitrogens with zero attached hydrogens (tertiary/aromatic N) is 2. The lowest BCUT2D eigenvalue weighted by Gasteiger charge is -2.18. The van der Waals surface area contributed by atoms with E-state index in [-0.39, 0.29) is 0 Å². The molecule has 2 aromatic rings. The predicted octanol–water partition coefficient (Wildman–Crippen LogP) is 2.06. The van der Waals surface area contributed by atoms with E-state index in [1.807, 2.05) is 37.3 Å². The van der Waals surface area contributed by atoms with Gasteiger partial charge in [-0.15, -0.1) is 0 Å². The first-order valence-electron chi connectivity index (χ1n) is 6.55. The summed E-state index contributed by atoms with van der Waals surface area (Å²) in [4.78, 5) is 12.2. The highest BCUT2D eigenvalue weighted by Crippen LogP contribution is 2.31. The normalized spacial score (nSPS) is 11.8. The van der Waals surface area contributed by atoms with E-state index >= 15 is 0 Å². The molecule has 0 spiro atoms. The number of hydrogen-bond acceptors (Lipinski definition) is 5. The van der Waals surface area contributed by atoms with E-state index in [1.165, 1.54) is 7.11 Å². The minimum absolute atomic E-state index is 0.395. The number of hydrogen-bond donors (Lipinski definition) is 1. The van der Waals surface area contributed by atoms with Crippen molar-refractivity contribution in [1.82, 2.24) is 9.78 Å². The second-order valence-electron chi connectivity index (χ2n) is 4.60. The summed E-state index contributed by atoms with van der Waals surface area (Å²) in [5, 5.41) is 7.47. The van der Waals surface area contributed by atoms with Crippen LogP contribution in [0, 0.1) is 6.92 Å². The third kappa shape index (κ3) is 2.99. The van der Waals surface area contributed by atoms with Crippen molar-refractivity contribution in [3.8, 4) is 5.88 Å². The van der Waals surface area contributed by atoms with Crippen LogP contribution in [0.25, 0.3) is 0 Å². The topological polar surface area (TPSA) is 65.4 Å². The summed E-state index contributed by atoms with van der Waals surface area (Å²) in [6.07, 6.45) is 0. The summed E-state index contributed by atoms with van der Waals surface area (Å²) >= 11 is 0. The number of carbonyl (C=O) groups excluding carboxylic acids is 1. The zero-order valence-electron chi connectivity index (χ0n) is 12.6. The maximum absolute atomic E-state index is 12.2. The van der Waals surface area contributed by atoms with Gasteiger partial charge in [-0.2, -0.15) is 5.10 Å². The van der Waals surface area contributed by atoms with Gasteiger partial charge >= 0.3 is 5.97 Å². The van der Waals surface area contributed by atoms with E-state index in [4.69, 9.17) is 9.47 Å². The largest absolute Gasteiger partial charge is 0.481 e. The summed E-state index contributed by atoms with van der Waals surface area (Å²) in [5.41, 5.74) is 2.21. The van der Waals surface area contributed by atoms with E-state index in [0.717, 1.165) is 5.69 Å². The molecule has 0 saturated heterocycles. The first-order valence-corrected chi connectivity index (χ1v) is 6.55. The van der Waals surface area contributed by atoms with Crippen molar-refractivity contribution >= 4 is 11.7 Å². The minimum atomic E-state index is -0.680. The van der Waals surface area contributed by atoms with Crippen LogP contribution in [0.5, 0.6) is 5.88 Å². The van der Waals surface area contributed by atoms with Crippen molar-refractivity contribution in [1.29, 1.82) is 0 Å². The SMILES string of the molecule is COC(=O)C(Nc1ccccc1)c1c(C)nn(C)c1OC. The monoisotopic (exact) mass is 289 g/mol. The van der Waals surface area contributed by atoms with Crippen molar-refractivity contribution in [3.05, 3.63) is 41.6 Å². The van der Waals surface area contributed by atoms with Gasteiger partial charge < -0.3 is 14.8 Å². The highest BCUT2D eigenvalue weighted by Gasteiger charge is 2.30. The summed E-state index contributed by atoms with van der Waals surface area (Å²) in [6, 6.07) is 8.78. The average molecular weight is 289 g/mol. The van der Waals surface area contributed by atoms with Crippen molar-refractivity contribution in [2.45, 2.75) is 13.0 Å². The molecule has 0 fully saturated rings. The van der Waals surface area contributed by atoms with Gasteiger partial charge in [0.1, 0.15) is 0 Å². The molecular weight excluding hydrogens is 270 g/mol. The second kappa shape index (κ2) is 6.30. The lowest BCUT2D eigenvalue weighted by Crippen LogP contribution is -2.23. The molecule has 0 bridgehead atoms. The van der Waals surface area contributed by atoms with Gasteiger partial charge in [0.05, 0.1) is 25.5 Å². The Balaban J connectivity index is 2.44. The van der Waals surface area contributed by atoms with Crippen molar-refractivity contribution in [2.24, 2.45) is 7.05 Å². The standard InChI is InChI=1S/C15H19N3O3/c1-10-12(14(20-3)18(2)17-10)13(15(19)21-4)16-11-8-6-5-7-9-11/h5-9,13,16H,1-4H3. The maximum Gasteiger partial charge on any atom is 0.333 e. The van der Waals surface area contributed by atoms with Gasteiger partial charge in [0.15, 0.2) is 6.04 Å². The molecule has 112 valence electrons. The van der Waals surface area contributed by atoms with Crippen LogP contribution in [0.3, 0.4) is 0 Å². The van der Waals surface area contributed by atoms with Gasteiger partial charge in [0.25, 0.3) is 0 Å². The van der Waals surface area contributed by atoms with E-state index in [2.05, 4.69) is 10.4 Å². The van der Waals surface area contributed by atoms with E-state index in [9.17, 15) is 4.79 Å². The molecule has 1 unspecified atom stereocenters. The van der Waals surface area contributed by atoms with Gasteiger partial charge in [0, 0.05) is 12.7 Å². The Morgan fingerprint density at radius 3 is 2.52 bits per heavy atom. The van der Waals surface area contributed by atoms with Crippen LogP contribution < -0.4 is 10.1 Å². The van der Waals surface area contributed by atoms with Crippen molar-refractivity contribution in [2.75, 3.05) is 19.5 Å². The Labute approximate surface area is 123 Å². The lowest BCUT2D eigenvalue weighted by molar-refractivity contribution is -0.141. The van der Waals surface area contributed by atoms with Crippen LogP contribution in [-0.2, 0) is 16.6 Å². The molecule has 1 aromatic carbocycles. The number of benzene rings is 1. The Bertz CT molecular complexity index is 623. The number of rotatable bonds is 5. The number of aryl methyl sites for hydroxylation is 2. The van der Waals surface area contributed by atoms with Crippen LogP contribution in [0.4, 0.5) is 5.69 Å². The lowest BCUT2D eigenvalue weighted by atomic mass is 10.1. The third-order valence-electron chi connectivity index (χ3n) is 3.22. The number of nitrogens with one attached hydrogen (secondary N) is 1. The number of esters is 1. The molecule has 6 heteroatoms. The average Bonchev–Trinajstić information content (AvgIpc) is 2.78. The van der Waals surface area contributed by atoms with E-state index in [0.29, 0.717) is 17.1 Å². The van der Waals surface area contributed by atoms with Crippen LogP contribution >= 0.6 is 0 Å².